The van der Waals surface area contributed by atoms with Gasteiger partial charge in [-0.25, -0.2) is 0 Å². The van der Waals surface area contributed by atoms with E-state index < -0.39 is 11.9 Å². The van der Waals surface area contributed by atoms with E-state index in [1.807, 2.05) is 56.5 Å². The fourth-order valence-electron chi connectivity index (χ4n) is 4.70. The van der Waals surface area contributed by atoms with Gasteiger partial charge in [-0.3, -0.25) is 14.6 Å². The number of aliphatic carboxylic acids is 1. The fraction of sp³-hybridized carbons (Fsp3) is 0.300. The molecular weight excluding hydrogens is 422 g/mol. The second kappa shape index (κ2) is 10.6. The number of fused-ring (bicyclic) bond motifs is 1. The summed E-state index contributed by atoms with van der Waals surface area (Å²) in [6, 6.07) is 20.3. The van der Waals surface area contributed by atoms with Gasteiger partial charge in [0.05, 0.1) is 5.92 Å². The molecular formula is C30H31NO3. The summed E-state index contributed by atoms with van der Waals surface area (Å²) in [7, 11) is 0. The molecule has 3 aromatic carbocycles. The van der Waals surface area contributed by atoms with E-state index in [0.717, 1.165) is 52.4 Å². The van der Waals surface area contributed by atoms with E-state index in [1.165, 1.54) is 0 Å². The van der Waals surface area contributed by atoms with Crippen LogP contribution in [0, 0.1) is 11.8 Å². The van der Waals surface area contributed by atoms with Gasteiger partial charge in [0, 0.05) is 30.3 Å². The predicted molar refractivity (Wildman–Crippen MR) is 138 cm³/mol. The molecule has 1 aliphatic heterocycles. The molecule has 0 spiro atoms. The van der Waals surface area contributed by atoms with Gasteiger partial charge in [0.2, 0.25) is 0 Å². The lowest BCUT2D eigenvalue weighted by Gasteiger charge is -2.17. The van der Waals surface area contributed by atoms with Crippen molar-refractivity contribution in [3.05, 3.63) is 83.6 Å². The van der Waals surface area contributed by atoms with E-state index >= 15 is 0 Å². The molecule has 1 atom stereocenters. The molecule has 0 aromatic heterocycles. The smallest absolute Gasteiger partial charge is 0.306 e. The Morgan fingerprint density at radius 3 is 2.50 bits per heavy atom. The maximum absolute atomic E-state index is 13.5. The van der Waals surface area contributed by atoms with Gasteiger partial charge in [-0.15, -0.1) is 0 Å². The van der Waals surface area contributed by atoms with Crippen LogP contribution in [0.25, 0.3) is 21.9 Å². The first-order valence-corrected chi connectivity index (χ1v) is 12.0. The van der Waals surface area contributed by atoms with Crippen molar-refractivity contribution in [2.24, 2.45) is 16.8 Å². The van der Waals surface area contributed by atoms with E-state index in [2.05, 4.69) is 35.3 Å². The first kappa shape index (κ1) is 23.6. The molecule has 1 N–H and O–H groups in total. The molecule has 3 aromatic rings. The number of hydrogen-bond donors (Lipinski definition) is 1. The van der Waals surface area contributed by atoms with Gasteiger partial charge in [-0.1, -0.05) is 80.6 Å². The molecule has 0 aliphatic carbocycles. The van der Waals surface area contributed by atoms with Crippen LogP contribution in [0.4, 0.5) is 0 Å². The molecule has 34 heavy (non-hydrogen) atoms. The van der Waals surface area contributed by atoms with Crippen molar-refractivity contribution in [1.29, 1.82) is 0 Å². The summed E-state index contributed by atoms with van der Waals surface area (Å²) in [5.41, 5.74) is 4.70. The lowest BCUT2D eigenvalue weighted by atomic mass is 9.86. The summed E-state index contributed by atoms with van der Waals surface area (Å²) in [5, 5.41) is 11.9. The van der Waals surface area contributed by atoms with Gasteiger partial charge in [0.15, 0.2) is 5.78 Å². The van der Waals surface area contributed by atoms with Crippen molar-refractivity contribution >= 4 is 28.7 Å². The average Bonchev–Trinajstić information content (AvgIpc) is 3.35. The summed E-state index contributed by atoms with van der Waals surface area (Å²) >= 11 is 0. The number of carbonyl (C=O) groups excluding carboxylic acids is 1. The van der Waals surface area contributed by atoms with Crippen LogP contribution < -0.4 is 0 Å². The molecule has 0 bridgehead atoms. The quantitative estimate of drug-likeness (QED) is 0.332. The molecule has 0 fully saturated rings. The molecule has 0 unspecified atom stereocenters. The van der Waals surface area contributed by atoms with Crippen LogP contribution in [-0.4, -0.2) is 23.1 Å². The third-order valence-corrected chi connectivity index (χ3v) is 6.39. The highest BCUT2D eigenvalue weighted by Crippen LogP contribution is 2.34. The summed E-state index contributed by atoms with van der Waals surface area (Å²) < 4.78 is 0. The number of carbonyl (C=O) groups is 2. The number of aliphatic imine (C=N–C) groups is 1. The molecule has 4 rings (SSSR count). The fourth-order valence-corrected chi connectivity index (χ4v) is 4.70. The molecule has 0 saturated heterocycles. The molecule has 0 amide bonds. The number of carboxylic acid groups (broad SMARTS) is 1. The SMILES string of the molecule is CC(C)C[C@H](CC(=O)c1ccc(CCC2=CCC=N2)cc1-c1cccc2ccccc12)C(=O)O. The van der Waals surface area contributed by atoms with Crippen molar-refractivity contribution in [1.82, 2.24) is 0 Å². The summed E-state index contributed by atoms with van der Waals surface area (Å²) in [6.07, 6.45) is 7.14. The molecule has 174 valence electrons. The van der Waals surface area contributed by atoms with E-state index in [1.54, 1.807) is 0 Å². The van der Waals surface area contributed by atoms with Crippen molar-refractivity contribution in [2.75, 3.05) is 0 Å². The Morgan fingerprint density at radius 1 is 0.971 bits per heavy atom. The van der Waals surface area contributed by atoms with E-state index in [9.17, 15) is 14.7 Å². The molecule has 1 heterocycles. The third kappa shape index (κ3) is 5.51. The molecule has 0 saturated carbocycles. The highest BCUT2D eigenvalue weighted by Gasteiger charge is 2.25. The van der Waals surface area contributed by atoms with E-state index in [-0.39, 0.29) is 18.1 Å². The van der Waals surface area contributed by atoms with Crippen LogP contribution >= 0.6 is 0 Å². The minimum absolute atomic E-state index is 0.00618. The largest absolute Gasteiger partial charge is 0.481 e. The number of nitrogens with zero attached hydrogens (tertiary/aromatic N) is 1. The Hall–Kier alpha value is -3.53. The van der Waals surface area contributed by atoms with Crippen molar-refractivity contribution in [3.63, 3.8) is 0 Å². The standard InChI is InChI=1S/C30H31NO3/c1-20(2)17-23(30(33)34)19-29(32)27-15-13-21(12-14-24-9-6-16-31-24)18-28(27)26-11-5-8-22-7-3-4-10-25(22)26/h3-5,7-11,13,15-16,18,20,23H,6,12,14,17,19H2,1-2H3,(H,33,34)/t23-/m1/s1. The monoisotopic (exact) mass is 453 g/mol. The lowest BCUT2D eigenvalue weighted by molar-refractivity contribution is -0.142. The van der Waals surface area contributed by atoms with Crippen LogP contribution in [0.15, 0.2) is 77.4 Å². The summed E-state index contributed by atoms with van der Waals surface area (Å²) in [4.78, 5) is 29.7. The molecule has 1 aliphatic rings. The predicted octanol–water partition coefficient (Wildman–Crippen LogP) is 7.12. The zero-order valence-electron chi connectivity index (χ0n) is 19.8. The number of hydrogen-bond acceptors (Lipinski definition) is 3. The Kier molecular flexibility index (Phi) is 7.36. The molecule has 4 nitrogen and oxygen atoms in total. The number of ketones is 1. The summed E-state index contributed by atoms with van der Waals surface area (Å²) in [6.45, 7) is 3.97. The van der Waals surface area contributed by atoms with Gasteiger partial charge in [0.25, 0.3) is 0 Å². The normalized spacial score (nSPS) is 13.9. The van der Waals surface area contributed by atoms with Crippen LogP contribution in [0.3, 0.4) is 0 Å². The second-order valence-electron chi connectivity index (χ2n) is 9.44. The average molecular weight is 454 g/mol. The number of benzene rings is 3. The minimum atomic E-state index is -0.907. The Labute approximate surface area is 201 Å². The topological polar surface area (TPSA) is 66.7 Å². The zero-order valence-corrected chi connectivity index (χ0v) is 19.8. The number of carboxylic acids is 1. The second-order valence-corrected chi connectivity index (χ2v) is 9.44. The number of Topliss-reactive ketones (excluding diaryl/α,β-unsaturated/α-hetero) is 1. The highest BCUT2D eigenvalue weighted by atomic mass is 16.4. The van der Waals surface area contributed by atoms with Crippen LogP contribution in [0.1, 0.15) is 55.5 Å². The van der Waals surface area contributed by atoms with Gasteiger partial charge in [-0.2, -0.15) is 0 Å². The van der Waals surface area contributed by atoms with Crippen LogP contribution in [-0.2, 0) is 11.2 Å². The zero-order chi connectivity index (χ0) is 24.1. The van der Waals surface area contributed by atoms with E-state index in [0.29, 0.717) is 12.0 Å². The third-order valence-electron chi connectivity index (χ3n) is 6.39. The van der Waals surface area contributed by atoms with Gasteiger partial charge < -0.3 is 5.11 Å². The Balaban J connectivity index is 1.73. The maximum atomic E-state index is 13.5. The number of allylic oxidation sites excluding steroid dienone is 2. The highest BCUT2D eigenvalue weighted by molar-refractivity contribution is 6.07. The lowest BCUT2D eigenvalue weighted by Crippen LogP contribution is -2.20. The van der Waals surface area contributed by atoms with Gasteiger partial charge in [0.1, 0.15) is 0 Å². The Morgan fingerprint density at radius 2 is 1.76 bits per heavy atom. The Bertz CT molecular complexity index is 1260. The number of aryl methyl sites for hydroxylation is 1. The first-order valence-electron chi connectivity index (χ1n) is 12.0. The number of rotatable bonds is 10. The molecule has 4 heteroatoms. The minimum Gasteiger partial charge on any atom is -0.481 e. The van der Waals surface area contributed by atoms with Crippen molar-refractivity contribution in [2.45, 2.75) is 46.0 Å². The van der Waals surface area contributed by atoms with Crippen LogP contribution in [0.2, 0.25) is 0 Å². The van der Waals surface area contributed by atoms with Gasteiger partial charge >= 0.3 is 5.97 Å². The maximum Gasteiger partial charge on any atom is 0.306 e. The van der Waals surface area contributed by atoms with Crippen molar-refractivity contribution < 1.29 is 14.7 Å². The van der Waals surface area contributed by atoms with Gasteiger partial charge in [-0.05, 0) is 52.6 Å². The van der Waals surface area contributed by atoms with E-state index in [4.69, 9.17) is 0 Å². The first-order chi connectivity index (χ1) is 16.4. The summed E-state index contributed by atoms with van der Waals surface area (Å²) in [5.74, 6) is -1.50. The van der Waals surface area contributed by atoms with Crippen molar-refractivity contribution in [3.8, 4) is 11.1 Å². The molecule has 0 radical (unpaired) electrons. The van der Waals surface area contributed by atoms with Crippen LogP contribution in [0.5, 0.6) is 0 Å².